The monoisotopic (exact) mass is 492 g/mol. The number of urea groups is 1. The molecule has 0 radical (unpaired) electrons. The first kappa shape index (κ1) is 23.0. The fourth-order valence-corrected chi connectivity index (χ4v) is 5.56. The highest BCUT2D eigenvalue weighted by Gasteiger charge is 2.41. The van der Waals surface area contributed by atoms with Crippen molar-refractivity contribution in [1.82, 2.24) is 25.1 Å². The van der Waals surface area contributed by atoms with Crippen molar-refractivity contribution in [3.05, 3.63) is 41.2 Å². The van der Waals surface area contributed by atoms with Gasteiger partial charge in [-0.3, -0.25) is 4.79 Å². The van der Waals surface area contributed by atoms with E-state index in [9.17, 15) is 9.59 Å². The third-order valence-corrected chi connectivity index (χ3v) is 7.64. The molecule has 1 atom stereocenters. The summed E-state index contributed by atoms with van der Waals surface area (Å²) in [4.78, 5) is 40.4. The summed E-state index contributed by atoms with van der Waals surface area (Å²) in [5.74, 6) is 0.396. The zero-order chi connectivity index (χ0) is 24.6. The number of piperidine rings is 1. The van der Waals surface area contributed by atoms with Crippen LogP contribution >= 0.6 is 0 Å². The Bertz CT molecular complexity index is 1170. The molecular weight excluding hydrogens is 460 g/mol. The topological polar surface area (TPSA) is 129 Å². The summed E-state index contributed by atoms with van der Waals surface area (Å²) in [6.45, 7) is 6.05. The molecule has 4 aliphatic rings. The Morgan fingerprint density at radius 1 is 1.14 bits per heavy atom. The number of nitrogens with two attached hydrogens (primary N) is 1. The highest BCUT2D eigenvalue weighted by molar-refractivity contribution is 5.96. The van der Waals surface area contributed by atoms with E-state index in [2.05, 4.69) is 32.7 Å². The van der Waals surface area contributed by atoms with Crippen molar-refractivity contribution in [1.29, 1.82) is 0 Å². The van der Waals surface area contributed by atoms with E-state index in [1.54, 1.807) is 6.20 Å². The molecular formula is C25H32N8O3. The molecule has 0 bridgehead atoms. The molecule has 1 unspecified atom stereocenters. The lowest BCUT2D eigenvalue weighted by atomic mass is 10.0. The fourth-order valence-electron chi connectivity index (χ4n) is 5.56. The zero-order valence-electron chi connectivity index (χ0n) is 20.3. The van der Waals surface area contributed by atoms with E-state index in [1.807, 2.05) is 15.9 Å². The second-order valence-electron chi connectivity index (χ2n) is 9.93. The number of benzene rings is 1. The van der Waals surface area contributed by atoms with Gasteiger partial charge in [0.1, 0.15) is 5.82 Å². The van der Waals surface area contributed by atoms with Gasteiger partial charge in [-0.25, -0.2) is 14.8 Å². The van der Waals surface area contributed by atoms with E-state index in [0.717, 1.165) is 57.7 Å². The van der Waals surface area contributed by atoms with Crippen LogP contribution in [-0.2, 0) is 17.7 Å². The first-order chi connectivity index (χ1) is 17.6. The SMILES string of the molecule is NC(=O)c1ncc(N2CCCC(N3CCN(C4COC4)C3=O)C2)nc1Nc1ccc2c(c1)CCNC2. The molecule has 36 heavy (non-hydrogen) atoms. The number of anilines is 3. The van der Waals surface area contributed by atoms with Gasteiger partial charge in [-0.05, 0) is 49.1 Å². The van der Waals surface area contributed by atoms with Crippen LogP contribution in [0.3, 0.4) is 0 Å². The summed E-state index contributed by atoms with van der Waals surface area (Å²) in [5, 5.41) is 6.66. The van der Waals surface area contributed by atoms with Gasteiger partial charge < -0.3 is 35.8 Å². The molecule has 6 rings (SSSR count). The van der Waals surface area contributed by atoms with Crippen molar-refractivity contribution in [2.75, 3.05) is 56.2 Å². The number of primary amides is 1. The van der Waals surface area contributed by atoms with Crippen LogP contribution in [0.15, 0.2) is 24.4 Å². The van der Waals surface area contributed by atoms with Gasteiger partial charge in [-0.1, -0.05) is 6.07 Å². The Balaban J connectivity index is 1.20. The summed E-state index contributed by atoms with van der Waals surface area (Å²) in [6, 6.07) is 6.61. The lowest BCUT2D eigenvalue weighted by Crippen LogP contribution is -2.53. The van der Waals surface area contributed by atoms with Gasteiger partial charge in [0.2, 0.25) is 0 Å². The van der Waals surface area contributed by atoms with Crippen LogP contribution in [0.4, 0.5) is 22.1 Å². The van der Waals surface area contributed by atoms with E-state index >= 15 is 0 Å². The van der Waals surface area contributed by atoms with E-state index in [4.69, 9.17) is 15.5 Å². The minimum absolute atomic E-state index is 0.107. The molecule has 2 aromatic rings. The lowest BCUT2D eigenvalue weighted by Gasteiger charge is -2.39. The quantitative estimate of drug-likeness (QED) is 0.546. The predicted octanol–water partition coefficient (Wildman–Crippen LogP) is 1.07. The Morgan fingerprint density at radius 2 is 1.97 bits per heavy atom. The first-order valence-electron chi connectivity index (χ1n) is 12.7. The highest BCUT2D eigenvalue weighted by Crippen LogP contribution is 2.28. The number of carbonyl (C=O) groups is 2. The van der Waals surface area contributed by atoms with Gasteiger partial charge in [-0.2, -0.15) is 0 Å². The molecule has 3 saturated heterocycles. The molecule has 4 N–H and O–H groups in total. The number of nitrogens with one attached hydrogen (secondary N) is 2. The number of fused-ring (bicyclic) bond motifs is 1. The average molecular weight is 493 g/mol. The Labute approximate surface area is 210 Å². The van der Waals surface area contributed by atoms with Crippen molar-refractivity contribution in [2.45, 2.75) is 37.9 Å². The third-order valence-electron chi connectivity index (χ3n) is 7.64. The zero-order valence-corrected chi connectivity index (χ0v) is 20.3. The van der Waals surface area contributed by atoms with Crippen LogP contribution < -0.4 is 21.3 Å². The Morgan fingerprint density at radius 3 is 2.75 bits per heavy atom. The largest absolute Gasteiger partial charge is 0.377 e. The molecule has 11 heteroatoms. The van der Waals surface area contributed by atoms with Crippen molar-refractivity contribution >= 4 is 29.3 Å². The molecule has 1 aromatic carbocycles. The number of hydrogen-bond acceptors (Lipinski definition) is 8. The number of ether oxygens (including phenoxy) is 1. The minimum Gasteiger partial charge on any atom is -0.377 e. The molecule has 0 saturated carbocycles. The van der Waals surface area contributed by atoms with Gasteiger partial charge in [0.05, 0.1) is 31.5 Å². The van der Waals surface area contributed by atoms with Gasteiger partial charge in [0.25, 0.3) is 5.91 Å². The molecule has 1 aromatic heterocycles. The normalized spacial score (nSPS) is 22.4. The van der Waals surface area contributed by atoms with Crippen molar-refractivity contribution in [3.8, 4) is 0 Å². The van der Waals surface area contributed by atoms with Crippen LogP contribution in [0, 0.1) is 0 Å². The molecule has 11 nitrogen and oxygen atoms in total. The maximum absolute atomic E-state index is 13.0. The highest BCUT2D eigenvalue weighted by atomic mass is 16.5. The van der Waals surface area contributed by atoms with E-state index in [1.165, 1.54) is 11.1 Å². The Hall–Kier alpha value is -3.44. The van der Waals surface area contributed by atoms with Crippen LogP contribution in [0.1, 0.15) is 34.5 Å². The number of amides is 3. The predicted molar refractivity (Wildman–Crippen MR) is 134 cm³/mol. The van der Waals surface area contributed by atoms with Crippen LogP contribution in [-0.4, -0.2) is 89.7 Å². The second kappa shape index (κ2) is 9.55. The van der Waals surface area contributed by atoms with E-state index in [0.29, 0.717) is 31.4 Å². The third kappa shape index (κ3) is 4.33. The summed E-state index contributed by atoms with van der Waals surface area (Å²) < 4.78 is 5.28. The number of carbonyl (C=O) groups excluding carboxylic acids is 2. The molecule has 4 aliphatic heterocycles. The summed E-state index contributed by atoms with van der Waals surface area (Å²) in [5.41, 5.74) is 9.14. The van der Waals surface area contributed by atoms with E-state index in [-0.39, 0.29) is 23.8 Å². The fraction of sp³-hybridized carbons (Fsp3) is 0.520. The van der Waals surface area contributed by atoms with Crippen molar-refractivity contribution in [2.24, 2.45) is 5.73 Å². The number of nitrogens with zero attached hydrogens (tertiary/aromatic N) is 5. The lowest BCUT2D eigenvalue weighted by molar-refractivity contribution is -0.0444. The van der Waals surface area contributed by atoms with E-state index < -0.39 is 5.91 Å². The molecule has 0 spiro atoms. The second-order valence-corrected chi connectivity index (χ2v) is 9.93. The van der Waals surface area contributed by atoms with Crippen molar-refractivity contribution in [3.63, 3.8) is 0 Å². The van der Waals surface area contributed by atoms with Crippen LogP contribution in [0.2, 0.25) is 0 Å². The number of aromatic nitrogens is 2. The summed E-state index contributed by atoms with van der Waals surface area (Å²) in [7, 11) is 0. The van der Waals surface area contributed by atoms with Gasteiger partial charge >= 0.3 is 6.03 Å². The van der Waals surface area contributed by atoms with Gasteiger partial charge in [0.15, 0.2) is 11.5 Å². The number of hydrogen-bond donors (Lipinski definition) is 3. The molecule has 0 aliphatic carbocycles. The molecule has 3 amide bonds. The average Bonchev–Trinajstić information content (AvgIpc) is 3.23. The summed E-state index contributed by atoms with van der Waals surface area (Å²) in [6.07, 6.45) is 4.46. The maximum atomic E-state index is 13.0. The smallest absolute Gasteiger partial charge is 0.320 e. The van der Waals surface area contributed by atoms with Crippen LogP contribution in [0.5, 0.6) is 0 Å². The maximum Gasteiger partial charge on any atom is 0.320 e. The molecule has 5 heterocycles. The molecule has 3 fully saturated rings. The van der Waals surface area contributed by atoms with Gasteiger partial charge in [0, 0.05) is 38.4 Å². The Kier molecular flexibility index (Phi) is 6.10. The minimum atomic E-state index is -0.627. The van der Waals surface area contributed by atoms with Crippen LogP contribution in [0.25, 0.3) is 0 Å². The first-order valence-corrected chi connectivity index (χ1v) is 12.7. The van der Waals surface area contributed by atoms with Gasteiger partial charge in [-0.15, -0.1) is 0 Å². The summed E-state index contributed by atoms with van der Waals surface area (Å²) >= 11 is 0. The number of rotatable bonds is 6. The van der Waals surface area contributed by atoms with Crippen molar-refractivity contribution < 1.29 is 14.3 Å². The standard InChI is InChI=1S/C25H32N8O3/c26-23(34)22-24(29-18-4-3-17-11-27-6-5-16(17)10-18)30-21(12-28-22)31-7-1-2-19(13-31)32-8-9-33(25(32)35)20-14-36-15-20/h3-4,10,12,19-20,27H,1-2,5-9,11,13-15H2,(H2,26,34)(H,29,30). The molecule has 190 valence electrons.